The van der Waals surface area contributed by atoms with Crippen LogP contribution in [0.4, 0.5) is 5.69 Å². The van der Waals surface area contributed by atoms with Gasteiger partial charge in [0.15, 0.2) is 0 Å². The van der Waals surface area contributed by atoms with Gasteiger partial charge in [-0.3, -0.25) is 0 Å². The summed E-state index contributed by atoms with van der Waals surface area (Å²) in [6, 6.07) is 5.23. The molecule has 106 valence electrons. The lowest BCUT2D eigenvalue weighted by Gasteiger charge is -2.21. The van der Waals surface area contributed by atoms with Gasteiger partial charge in [-0.1, -0.05) is 0 Å². The first-order valence-corrected chi connectivity index (χ1v) is 7.31. The number of nitriles is 2. The highest BCUT2D eigenvalue weighted by atomic mass is 32.2. The Kier molecular flexibility index (Phi) is 4.72. The molecule has 0 atom stereocenters. The number of nitrogens with zero attached hydrogens (tertiary/aromatic N) is 3. The van der Waals surface area contributed by atoms with E-state index in [2.05, 4.69) is 0 Å². The van der Waals surface area contributed by atoms with Crippen molar-refractivity contribution in [2.75, 3.05) is 18.8 Å². The summed E-state index contributed by atoms with van der Waals surface area (Å²) in [4.78, 5) is 0.0838. The standard InChI is InChI=1S/C13H16N4O2S/c1-9-8-12(16)11(3)13(10(9)2)20(18,19)17(6-4-14)7-5-15/h8H,6-7,16H2,1-3H3. The Morgan fingerprint density at radius 1 is 1.15 bits per heavy atom. The van der Waals surface area contributed by atoms with Crippen LogP contribution in [-0.2, 0) is 10.0 Å². The molecule has 7 heteroatoms. The fraction of sp³-hybridized carbons (Fsp3) is 0.385. The second-order valence-corrected chi connectivity index (χ2v) is 6.33. The normalized spacial score (nSPS) is 11.1. The number of rotatable bonds is 4. The summed E-state index contributed by atoms with van der Waals surface area (Å²) >= 11 is 0. The maximum absolute atomic E-state index is 12.6. The highest BCUT2D eigenvalue weighted by molar-refractivity contribution is 7.89. The van der Waals surface area contributed by atoms with Gasteiger partial charge < -0.3 is 5.73 Å². The zero-order valence-electron chi connectivity index (χ0n) is 11.6. The average Bonchev–Trinajstić information content (AvgIpc) is 2.36. The van der Waals surface area contributed by atoms with Crippen LogP contribution in [0.15, 0.2) is 11.0 Å². The Labute approximate surface area is 119 Å². The van der Waals surface area contributed by atoms with Crippen LogP contribution in [0.5, 0.6) is 0 Å². The van der Waals surface area contributed by atoms with Crippen LogP contribution in [0.1, 0.15) is 16.7 Å². The molecule has 0 fully saturated rings. The third kappa shape index (κ3) is 2.74. The van der Waals surface area contributed by atoms with E-state index in [0.717, 1.165) is 9.87 Å². The van der Waals surface area contributed by atoms with Crippen LogP contribution < -0.4 is 5.73 Å². The first kappa shape index (κ1) is 16.0. The highest BCUT2D eigenvalue weighted by Crippen LogP contribution is 2.30. The van der Waals surface area contributed by atoms with E-state index in [1.54, 1.807) is 39.0 Å². The van der Waals surface area contributed by atoms with Crippen LogP contribution in [-0.4, -0.2) is 25.8 Å². The zero-order chi connectivity index (χ0) is 15.5. The van der Waals surface area contributed by atoms with Gasteiger partial charge >= 0.3 is 0 Å². The fourth-order valence-electron chi connectivity index (χ4n) is 1.94. The van der Waals surface area contributed by atoms with Gasteiger partial charge in [0.25, 0.3) is 0 Å². The molecule has 20 heavy (non-hydrogen) atoms. The van der Waals surface area contributed by atoms with Gasteiger partial charge in [-0.05, 0) is 43.5 Å². The van der Waals surface area contributed by atoms with Crippen molar-refractivity contribution in [2.45, 2.75) is 25.7 Å². The molecule has 0 aliphatic heterocycles. The van der Waals surface area contributed by atoms with Gasteiger partial charge in [-0.25, -0.2) is 8.42 Å². The van der Waals surface area contributed by atoms with Crippen molar-refractivity contribution in [1.29, 1.82) is 10.5 Å². The lowest BCUT2D eigenvalue weighted by atomic mass is 10.1. The van der Waals surface area contributed by atoms with E-state index in [1.165, 1.54) is 0 Å². The maximum Gasteiger partial charge on any atom is 0.245 e. The molecule has 0 spiro atoms. The number of aryl methyl sites for hydroxylation is 1. The zero-order valence-corrected chi connectivity index (χ0v) is 12.5. The first-order valence-electron chi connectivity index (χ1n) is 5.87. The van der Waals surface area contributed by atoms with E-state index in [0.29, 0.717) is 16.8 Å². The molecule has 0 amide bonds. The summed E-state index contributed by atoms with van der Waals surface area (Å²) in [5.41, 5.74) is 7.97. The summed E-state index contributed by atoms with van der Waals surface area (Å²) in [6.07, 6.45) is 0. The van der Waals surface area contributed by atoms with Crippen molar-refractivity contribution >= 4 is 15.7 Å². The average molecular weight is 292 g/mol. The Balaban J connectivity index is 3.58. The molecule has 0 aliphatic carbocycles. The van der Waals surface area contributed by atoms with Crippen molar-refractivity contribution in [3.8, 4) is 12.1 Å². The molecular weight excluding hydrogens is 276 g/mol. The van der Waals surface area contributed by atoms with Crippen molar-refractivity contribution in [2.24, 2.45) is 0 Å². The molecule has 0 saturated carbocycles. The third-order valence-corrected chi connectivity index (χ3v) is 5.24. The van der Waals surface area contributed by atoms with Gasteiger partial charge in [0, 0.05) is 5.69 Å². The number of benzene rings is 1. The Morgan fingerprint density at radius 2 is 1.65 bits per heavy atom. The molecule has 0 heterocycles. The number of hydrogen-bond donors (Lipinski definition) is 1. The molecule has 6 nitrogen and oxygen atoms in total. The van der Waals surface area contributed by atoms with Crippen LogP contribution >= 0.6 is 0 Å². The van der Waals surface area contributed by atoms with Crippen molar-refractivity contribution in [1.82, 2.24) is 4.31 Å². The van der Waals surface area contributed by atoms with Gasteiger partial charge in [0.1, 0.15) is 13.1 Å². The second-order valence-electron chi connectivity index (χ2n) is 4.45. The second kappa shape index (κ2) is 5.91. The van der Waals surface area contributed by atoms with E-state index in [4.69, 9.17) is 16.3 Å². The molecule has 0 radical (unpaired) electrons. The molecule has 1 aromatic carbocycles. The number of hydrogen-bond acceptors (Lipinski definition) is 5. The van der Waals surface area contributed by atoms with E-state index in [1.807, 2.05) is 0 Å². The number of nitrogen functional groups attached to an aromatic ring is 1. The Hall–Kier alpha value is -2.09. The fourth-order valence-corrected chi connectivity index (χ4v) is 3.71. The SMILES string of the molecule is Cc1cc(N)c(C)c(S(=O)(=O)N(CC#N)CC#N)c1C. The third-order valence-electron chi connectivity index (χ3n) is 3.17. The summed E-state index contributed by atoms with van der Waals surface area (Å²) < 4.78 is 26.1. The first-order chi connectivity index (χ1) is 9.27. The number of nitrogens with two attached hydrogens (primary N) is 1. The number of sulfonamides is 1. The molecule has 0 aromatic heterocycles. The van der Waals surface area contributed by atoms with Crippen molar-refractivity contribution in [3.05, 3.63) is 22.8 Å². The van der Waals surface area contributed by atoms with Gasteiger partial charge in [0.2, 0.25) is 10.0 Å². The molecule has 1 aromatic rings. The van der Waals surface area contributed by atoms with Crippen molar-refractivity contribution < 1.29 is 8.42 Å². The smallest absolute Gasteiger partial charge is 0.245 e. The molecule has 0 aliphatic rings. The largest absolute Gasteiger partial charge is 0.398 e. The monoisotopic (exact) mass is 292 g/mol. The van der Waals surface area contributed by atoms with E-state index in [9.17, 15) is 8.42 Å². The summed E-state index contributed by atoms with van der Waals surface area (Å²) in [7, 11) is -3.92. The van der Waals surface area contributed by atoms with Crippen LogP contribution in [0.2, 0.25) is 0 Å². The molecule has 1 rings (SSSR count). The lowest BCUT2D eigenvalue weighted by molar-refractivity contribution is 0.478. The minimum atomic E-state index is -3.92. The van der Waals surface area contributed by atoms with E-state index < -0.39 is 10.0 Å². The molecule has 0 bridgehead atoms. The van der Waals surface area contributed by atoms with Gasteiger partial charge in [-0.15, -0.1) is 0 Å². The summed E-state index contributed by atoms with van der Waals surface area (Å²) in [5, 5.41) is 17.5. The van der Waals surface area contributed by atoms with Crippen molar-refractivity contribution in [3.63, 3.8) is 0 Å². The Morgan fingerprint density at radius 3 is 2.10 bits per heavy atom. The molecular formula is C13H16N4O2S. The Bertz CT molecular complexity index is 669. The quantitative estimate of drug-likeness (QED) is 0.662. The lowest BCUT2D eigenvalue weighted by Crippen LogP contribution is -2.33. The van der Waals surface area contributed by atoms with E-state index in [-0.39, 0.29) is 18.0 Å². The molecule has 0 saturated heterocycles. The van der Waals surface area contributed by atoms with Gasteiger partial charge in [0.05, 0.1) is 17.0 Å². The van der Waals surface area contributed by atoms with E-state index >= 15 is 0 Å². The summed E-state index contributed by atoms with van der Waals surface area (Å²) in [5.74, 6) is 0. The topological polar surface area (TPSA) is 111 Å². The van der Waals surface area contributed by atoms with Gasteiger partial charge in [-0.2, -0.15) is 14.8 Å². The highest BCUT2D eigenvalue weighted by Gasteiger charge is 2.29. The molecule has 0 unspecified atom stereocenters. The van der Waals surface area contributed by atoms with Crippen LogP contribution in [0.25, 0.3) is 0 Å². The minimum absolute atomic E-state index is 0.0838. The number of anilines is 1. The summed E-state index contributed by atoms with van der Waals surface area (Å²) in [6.45, 7) is 4.32. The van der Waals surface area contributed by atoms with Crippen LogP contribution in [0.3, 0.4) is 0 Å². The molecule has 2 N–H and O–H groups in total. The predicted molar refractivity (Wildman–Crippen MR) is 75.1 cm³/mol. The minimum Gasteiger partial charge on any atom is -0.398 e. The van der Waals surface area contributed by atoms with Crippen LogP contribution in [0, 0.1) is 43.4 Å². The predicted octanol–water partition coefficient (Wildman–Crippen LogP) is 1.23. The maximum atomic E-state index is 12.6.